The number of hydrogen-bond acceptors (Lipinski definition) is 5. The number of nitrogens with one attached hydrogen (secondary N) is 1. The van der Waals surface area contributed by atoms with Gasteiger partial charge in [-0.25, -0.2) is 0 Å². The van der Waals surface area contributed by atoms with E-state index in [9.17, 15) is 10.1 Å². The monoisotopic (exact) mass is 205 g/mol. The van der Waals surface area contributed by atoms with Crippen molar-refractivity contribution in [1.29, 1.82) is 0 Å². The number of hydrogen-bond donors (Lipinski definition) is 2. The molecule has 2 aromatic rings. The average Bonchev–Trinajstić information content (AvgIpc) is 2.67. The molecule has 2 rings (SSSR count). The molecule has 1 aromatic carbocycles. The highest BCUT2D eigenvalue weighted by Crippen LogP contribution is 2.25. The maximum Gasteiger partial charge on any atom is 0.418 e. The van der Waals surface area contributed by atoms with Gasteiger partial charge in [0.2, 0.25) is 0 Å². The maximum atomic E-state index is 10.6. The van der Waals surface area contributed by atoms with E-state index in [4.69, 9.17) is 5.73 Å². The van der Waals surface area contributed by atoms with Crippen molar-refractivity contribution in [3.63, 3.8) is 0 Å². The average molecular weight is 205 g/mol. The Hall–Kier alpha value is -2.44. The Morgan fingerprint density at radius 3 is 2.53 bits per heavy atom. The molecule has 0 bridgehead atoms. The summed E-state index contributed by atoms with van der Waals surface area (Å²) in [6.07, 6.45) is 0. The molecule has 1 aromatic heterocycles. The van der Waals surface area contributed by atoms with Crippen LogP contribution in [0.2, 0.25) is 0 Å². The molecule has 0 aliphatic heterocycles. The molecule has 0 fully saturated rings. The number of nitro groups is 1. The molecule has 0 unspecified atom stereocenters. The molecule has 76 valence electrons. The van der Waals surface area contributed by atoms with E-state index < -0.39 is 4.92 Å². The van der Waals surface area contributed by atoms with Crippen LogP contribution in [0.15, 0.2) is 24.3 Å². The summed E-state index contributed by atoms with van der Waals surface area (Å²) in [5, 5.41) is 20.0. The zero-order chi connectivity index (χ0) is 10.8. The molecule has 0 saturated carbocycles. The van der Waals surface area contributed by atoms with Gasteiger partial charge in [-0.1, -0.05) is 12.1 Å². The number of rotatable bonds is 2. The first-order valence-electron chi connectivity index (χ1n) is 4.09. The summed E-state index contributed by atoms with van der Waals surface area (Å²) >= 11 is 0. The topological polar surface area (TPSA) is 111 Å². The predicted molar refractivity (Wildman–Crippen MR) is 52.9 cm³/mol. The van der Waals surface area contributed by atoms with E-state index in [1.165, 1.54) is 0 Å². The second-order valence-electron chi connectivity index (χ2n) is 2.87. The van der Waals surface area contributed by atoms with E-state index in [1.807, 2.05) is 0 Å². The Morgan fingerprint density at radius 2 is 1.93 bits per heavy atom. The van der Waals surface area contributed by atoms with Crippen molar-refractivity contribution < 1.29 is 4.92 Å². The largest absolute Gasteiger partial charge is 0.418 e. The van der Waals surface area contributed by atoms with E-state index in [1.54, 1.807) is 24.3 Å². The summed E-state index contributed by atoms with van der Waals surface area (Å²) in [6, 6.07) is 6.60. The van der Waals surface area contributed by atoms with Crippen LogP contribution in [-0.2, 0) is 0 Å². The van der Waals surface area contributed by atoms with Crippen molar-refractivity contribution in [3.8, 4) is 11.3 Å². The lowest BCUT2D eigenvalue weighted by molar-refractivity contribution is -0.388. The van der Waals surface area contributed by atoms with Crippen LogP contribution in [0, 0.1) is 10.1 Å². The molecule has 0 aliphatic carbocycles. The second-order valence-corrected chi connectivity index (χ2v) is 2.87. The molecule has 0 radical (unpaired) electrons. The molecule has 7 nitrogen and oxygen atoms in total. The van der Waals surface area contributed by atoms with Gasteiger partial charge in [-0.15, -0.1) is 10.3 Å². The van der Waals surface area contributed by atoms with E-state index in [0.29, 0.717) is 11.3 Å². The first-order valence-corrected chi connectivity index (χ1v) is 4.09. The molecule has 0 amide bonds. The lowest BCUT2D eigenvalue weighted by Crippen LogP contribution is -1.91. The fraction of sp³-hybridized carbons (Fsp3) is 0. The van der Waals surface area contributed by atoms with Crippen molar-refractivity contribution in [1.82, 2.24) is 15.4 Å². The quantitative estimate of drug-likeness (QED) is 0.431. The van der Waals surface area contributed by atoms with Gasteiger partial charge < -0.3 is 15.8 Å². The highest BCUT2D eigenvalue weighted by atomic mass is 16.6. The summed E-state index contributed by atoms with van der Waals surface area (Å²) in [4.78, 5) is 9.99. The molecule has 15 heavy (non-hydrogen) atoms. The first-order chi connectivity index (χ1) is 7.18. The summed E-state index contributed by atoms with van der Waals surface area (Å²) in [6.45, 7) is 0. The number of benzene rings is 1. The lowest BCUT2D eigenvalue weighted by atomic mass is 10.1. The van der Waals surface area contributed by atoms with Crippen LogP contribution >= 0.6 is 0 Å². The van der Waals surface area contributed by atoms with Gasteiger partial charge in [-0.2, -0.15) is 0 Å². The van der Waals surface area contributed by atoms with Crippen molar-refractivity contribution in [2.24, 2.45) is 0 Å². The zero-order valence-electron chi connectivity index (χ0n) is 7.54. The molecular formula is C8H7N5O2. The number of H-pyrrole nitrogens is 1. The second kappa shape index (κ2) is 3.37. The zero-order valence-corrected chi connectivity index (χ0v) is 7.54. The van der Waals surface area contributed by atoms with E-state index >= 15 is 0 Å². The van der Waals surface area contributed by atoms with Crippen molar-refractivity contribution in [3.05, 3.63) is 34.4 Å². The van der Waals surface area contributed by atoms with Gasteiger partial charge in [-0.05, 0) is 17.1 Å². The minimum Gasteiger partial charge on any atom is -0.399 e. The van der Waals surface area contributed by atoms with Crippen LogP contribution < -0.4 is 5.73 Å². The Kier molecular flexibility index (Phi) is 2.05. The smallest absolute Gasteiger partial charge is 0.399 e. The van der Waals surface area contributed by atoms with Gasteiger partial charge >= 0.3 is 5.82 Å². The minimum atomic E-state index is -0.588. The Balaban J connectivity index is 2.49. The van der Waals surface area contributed by atoms with Gasteiger partial charge in [0.15, 0.2) is 5.69 Å². The standard InChI is InChI=1S/C8H7N5O2/c9-6-3-1-5(2-4-6)7-8(13(14)15)11-12-10-7/h1-4H,9H2,(H,10,11,12). The summed E-state index contributed by atoms with van der Waals surface area (Å²) in [7, 11) is 0. The molecule has 7 heteroatoms. The summed E-state index contributed by atoms with van der Waals surface area (Å²) in [5.74, 6) is -0.292. The van der Waals surface area contributed by atoms with Gasteiger partial charge in [0.1, 0.15) is 0 Å². The number of anilines is 1. The van der Waals surface area contributed by atoms with Crippen LogP contribution in [0.5, 0.6) is 0 Å². The SMILES string of the molecule is Nc1ccc(-c2n[nH]nc2[N+](=O)[O-])cc1. The third kappa shape index (κ3) is 1.62. The van der Waals surface area contributed by atoms with Crippen LogP contribution in [0.3, 0.4) is 0 Å². The minimum absolute atomic E-state index is 0.208. The predicted octanol–water partition coefficient (Wildman–Crippen LogP) is 0.962. The van der Waals surface area contributed by atoms with Gasteiger partial charge in [0.05, 0.1) is 5.10 Å². The van der Waals surface area contributed by atoms with Crippen molar-refractivity contribution in [2.45, 2.75) is 0 Å². The third-order valence-electron chi connectivity index (χ3n) is 1.89. The normalized spacial score (nSPS) is 10.1. The molecule has 1 heterocycles. The van der Waals surface area contributed by atoms with Crippen LogP contribution in [0.1, 0.15) is 0 Å². The highest BCUT2D eigenvalue weighted by molar-refractivity contribution is 5.67. The number of aromatic nitrogens is 3. The number of nitrogens with zero attached hydrogens (tertiary/aromatic N) is 3. The Morgan fingerprint density at radius 1 is 1.27 bits per heavy atom. The number of aromatic amines is 1. The van der Waals surface area contributed by atoms with Crippen molar-refractivity contribution in [2.75, 3.05) is 5.73 Å². The Labute approximate surface area is 84.1 Å². The molecule has 0 aliphatic rings. The van der Waals surface area contributed by atoms with E-state index in [0.717, 1.165) is 0 Å². The van der Waals surface area contributed by atoms with E-state index in [-0.39, 0.29) is 11.5 Å². The Bertz CT molecular complexity index is 490. The fourth-order valence-corrected chi connectivity index (χ4v) is 1.19. The van der Waals surface area contributed by atoms with Gasteiger partial charge in [-0.3, -0.25) is 0 Å². The van der Waals surface area contributed by atoms with Gasteiger partial charge in [0, 0.05) is 11.3 Å². The van der Waals surface area contributed by atoms with Gasteiger partial charge in [0.25, 0.3) is 0 Å². The lowest BCUT2D eigenvalue weighted by Gasteiger charge is -1.96. The van der Waals surface area contributed by atoms with E-state index in [2.05, 4.69) is 15.4 Å². The summed E-state index contributed by atoms with van der Waals surface area (Å²) in [5.41, 5.74) is 6.90. The number of nitrogens with two attached hydrogens (primary N) is 1. The van der Waals surface area contributed by atoms with Crippen LogP contribution in [-0.4, -0.2) is 20.3 Å². The molecule has 0 atom stereocenters. The van der Waals surface area contributed by atoms with Crippen LogP contribution in [0.25, 0.3) is 11.3 Å². The summed E-state index contributed by atoms with van der Waals surface area (Å²) < 4.78 is 0. The molecule has 0 spiro atoms. The fourth-order valence-electron chi connectivity index (χ4n) is 1.19. The molecule has 3 N–H and O–H groups in total. The van der Waals surface area contributed by atoms with Crippen molar-refractivity contribution >= 4 is 11.5 Å². The van der Waals surface area contributed by atoms with Crippen LogP contribution in [0.4, 0.5) is 11.5 Å². The molecule has 0 saturated heterocycles. The highest BCUT2D eigenvalue weighted by Gasteiger charge is 2.20. The maximum absolute atomic E-state index is 10.6. The third-order valence-corrected chi connectivity index (χ3v) is 1.89. The number of nitrogen functional groups attached to an aromatic ring is 1. The molecular weight excluding hydrogens is 198 g/mol. The first kappa shape index (κ1) is 9.13.